The second-order valence-corrected chi connectivity index (χ2v) is 5.04. The van der Waals surface area contributed by atoms with E-state index in [9.17, 15) is 0 Å². The van der Waals surface area contributed by atoms with E-state index in [0.717, 1.165) is 27.9 Å². The highest BCUT2D eigenvalue weighted by Gasteiger charge is 2.01. The quantitative estimate of drug-likeness (QED) is 0.860. The van der Waals surface area contributed by atoms with Gasteiger partial charge in [-0.1, -0.05) is 41.1 Å². The average molecular weight is 306 g/mol. The number of hydrogen-bond acceptors (Lipinski definition) is 2. The van der Waals surface area contributed by atoms with Crippen LogP contribution in [-0.4, -0.2) is 0 Å². The van der Waals surface area contributed by atoms with Crippen LogP contribution in [0.1, 0.15) is 18.1 Å². The molecule has 0 saturated heterocycles. The van der Waals surface area contributed by atoms with E-state index in [1.165, 1.54) is 5.56 Å². The first-order chi connectivity index (χ1) is 8.69. The zero-order chi connectivity index (χ0) is 13.0. The summed E-state index contributed by atoms with van der Waals surface area (Å²) in [5, 5.41) is 0. The summed E-state index contributed by atoms with van der Waals surface area (Å²) in [7, 11) is 0. The molecule has 0 atom stereocenters. The van der Waals surface area contributed by atoms with Gasteiger partial charge in [-0.2, -0.15) is 0 Å². The summed E-state index contributed by atoms with van der Waals surface area (Å²) in [5.41, 5.74) is 8.97. The van der Waals surface area contributed by atoms with Crippen molar-refractivity contribution in [2.24, 2.45) is 0 Å². The van der Waals surface area contributed by atoms with E-state index in [1.54, 1.807) is 0 Å². The van der Waals surface area contributed by atoms with Crippen LogP contribution < -0.4 is 10.5 Å². The molecule has 0 bridgehead atoms. The van der Waals surface area contributed by atoms with Crippen LogP contribution in [0.3, 0.4) is 0 Å². The molecule has 2 aromatic carbocycles. The molecule has 18 heavy (non-hydrogen) atoms. The Morgan fingerprint density at radius 1 is 1.11 bits per heavy atom. The molecule has 0 spiro atoms. The van der Waals surface area contributed by atoms with Crippen molar-refractivity contribution in [2.75, 3.05) is 5.73 Å². The molecule has 0 aromatic heterocycles. The molecule has 0 aliphatic rings. The second-order valence-electron chi connectivity index (χ2n) is 4.13. The minimum absolute atomic E-state index is 0.491. The first-order valence-corrected chi connectivity index (χ1v) is 6.74. The summed E-state index contributed by atoms with van der Waals surface area (Å²) in [4.78, 5) is 0. The molecular formula is C15H16BrNO. The lowest BCUT2D eigenvalue weighted by atomic mass is 10.1. The van der Waals surface area contributed by atoms with Crippen molar-refractivity contribution in [3.05, 3.63) is 58.1 Å². The molecule has 0 aliphatic carbocycles. The maximum Gasteiger partial charge on any atom is 0.119 e. The Morgan fingerprint density at radius 2 is 1.83 bits per heavy atom. The summed E-state index contributed by atoms with van der Waals surface area (Å²) in [6.07, 6.45) is 1.04. The Kier molecular flexibility index (Phi) is 4.26. The standard InChI is InChI=1S/C15H16BrNO/c1-2-11-3-7-14(8-4-11)18-10-12-5-6-13(16)9-15(12)17/h3-9H,2,10,17H2,1H3. The van der Waals surface area contributed by atoms with Gasteiger partial charge in [0.25, 0.3) is 0 Å². The van der Waals surface area contributed by atoms with Gasteiger partial charge in [-0.25, -0.2) is 0 Å². The maximum atomic E-state index is 5.92. The highest BCUT2D eigenvalue weighted by atomic mass is 79.9. The Bertz CT molecular complexity index is 523. The van der Waals surface area contributed by atoms with Crippen molar-refractivity contribution in [1.29, 1.82) is 0 Å². The lowest BCUT2D eigenvalue weighted by molar-refractivity contribution is 0.307. The zero-order valence-electron chi connectivity index (χ0n) is 10.3. The molecular weight excluding hydrogens is 290 g/mol. The van der Waals surface area contributed by atoms with Gasteiger partial charge < -0.3 is 10.5 Å². The first kappa shape index (κ1) is 13.0. The van der Waals surface area contributed by atoms with Gasteiger partial charge in [0.05, 0.1) is 0 Å². The molecule has 2 N–H and O–H groups in total. The van der Waals surface area contributed by atoms with Gasteiger partial charge >= 0.3 is 0 Å². The summed E-state index contributed by atoms with van der Waals surface area (Å²) >= 11 is 3.39. The van der Waals surface area contributed by atoms with Crippen molar-refractivity contribution in [2.45, 2.75) is 20.0 Å². The van der Waals surface area contributed by atoms with E-state index in [4.69, 9.17) is 10.5 Å². The van der Waals surface area contributed by atoms with Crippen LogP contribution in [-0.2, 0) is 13.0 Å². The third-order valence-electron chi connectivity index (χ3n) is 2.83. The van der Waals surface area contributed by atoms with E-state index < -0.39 is 0 Å². The molecule has 3 heteroatoms. The van der Waals surface area contributed by atoms with Crippen LogP contribution in [0.15, 0.2) is 46.9 Å². The van der Waals surface area contributed by atoms with E-state index in [1.807, 2.05) is 30.3 Å². The number of anilines is 1. The van der Waals surface area contributed by atoms with Gasteiger partial charge in [-0.3, -0.25) is 0 Å². The molecule has 0 amide bonds. The predicted molar refractivity (Wildman–Crippen MR) is 78.7 cm³/mol. The van der Waals surface area contributed by atoms with Crippen LogP contribution in [0.2, 0.25) is 0 Å². The highest BCUT2D eigenvalue weighted by Crippen LogP contribution is 2.21. The highest BCUT2D eigenvalue weighted by molar-refractivity contribution is 9.10. The van der Waals surface area contributed by atoms with Crippen molar-refractivity contribution >= 4 is 21.6 Å². The van der Waals surface area contributed by atoms with Crippen LogP contribution >= 0.6 is 15.9 Å². The normalized spacial score (nSPS) is 10.3. The third-order valence-corrected chi connectivity index (χ3v) is 3.33. The number of halogens is 1. The molecule has 0 unspecified atom stereocenters. The summed E-state index contributed by atoms with van der Waals surface area (Å²) in [6.45, 7) is 2.63. The maximum absolute atomic E-state index is 5.92. The molecule has 2 nitrogen and oxygen atoms in total. The molecule has 0 aliphatic heterocycles. The van der Waals surface area contributed by atoms with Crippen molar-refractivity contribution in [3.8, 4) is 5.75 Å². The number of rotatable bonds is 4. The summed E-state index contributed by atoms with van der Waals surface area (Å²) in [5.74, 6) is 0.870. The molecule has 2 rings (SSSR count). The molecule has 0 heterocycles. The zero-order valence-corrected chi connectivity index (χ0v) is 11.9. The second kappa shape index (κ2) is 5.91. The van der Waals surface area contributed by atoms with Crippen LogP contribution in [0.4, 0.5) is 5.69 Å². The number of benzene rings is 2. The average Bonchev–Trinajstić information content (AvgIpc) is 2.38. The summed E-state index contributed by atoms with van der Waals surface area (Å²) in [6, 6.07) is 14.0. The van der Waals surface area contributed by atoms with Gasteiger partial charge in [0, 0.05) is 15.7 Å². The van der Waals surface area contributed by atoms with Gasteiger partial charge in [0.1, 0.15) is 12.4 Å². The van der Waals surface area contributed by atoms with Gasteiger partial charge in [0.15, 0.2) is 0 Å². The lowest BCUT2D eigenvalue weighted by Crippen LogP contribution is -2.00. The first-order valence-electron chi connectivity index (χ1n) is 5.94. The number of ether oxygens (including phenoxy) is 1. The predicted octanol–water partition coefficient (Wildman–Crippen LogP) is 4.17. The summed E-state index contributed by atoms with van der Waals surface area (Å²) < 4.78 is 6.70. The molecule has 94 valence electrons. The largest absolute Gasteiger partial charge is 0.489 e. The monoisotopic (exact) mass is 305 g/mol. The topological polar surface area (TPSA) is 35.2 Å². The molecule has 0 fully saturated rings. The number of aryl methyl sites for hydroxylation is 1. The fourth-order valence-corrected chi connectivity index (χ4v) is 2.06. The SMILES string of the molecule is CCc1ccc(OCc2ccc(Br)cc2N)cc1. The molecule has 2 aromatic rings. The van der Waals surface area contributed by atoms with Gasteiger partial charge in [0.2, 0.25) is 0 Å². The van der Waals surface area contributed by atoms with Gasteiger partial charge in [-0.05, 0) is 36.2 Å². The minimum Gasteiger partial charge on any atom is -0.489 e. The minimum atomic E-state index is 0.491. The molecule has 0 radical (unpaired) electrons. The van der Waals surface area contributed by atoms with E-state index in [0.29, 0.717) is 6.61 Å². The fourth-order valence-electron chi connectivity index (χ4n) is 1.68. The van der Waals surface area contributed by atoms with Crippen molar-refractivity contribution in [3.63, 3.8) is 0 Å². The number of nitrogens with two attached hydrogens (primary N) is 1. The Hall–Kier alpha value is -1.48. The third kappa shape index (κ3) is 3.26. The lowest BCUT2D eigenvalue weighted by Gasteiger charge is -2.09. The Balaban J connectivity index is 2.02. The fraction of sp³-hybridized carbons (Fsp3) is 0.200. The Morgan fingerprint density at radius 3 is 2.44 bits per heavy atom. The molecule has 0 saturated carbocycles. The smallest absolute Gasteiger partial charge is 0.119 e. The Labute approximate surface area is 116 Å². The van der Waals surface area contributed by atoms with Crippen molar-refractivity contribution < 1.29 is 4.74 Å². The number of nitrogen functional groups attached to an aromatic ring is 1. The number of hydrogen-bond donors (Lipinski definition) is 1. The van der Waals surface area contributed by atoms with E-state index in [-0.39, 0.29) is 0 Å². The van der Waals surface area contributed by atoms with E-state index in [2.05, 4.69) is 35.0 Å². The van der Waals surface area contributed by atoms with Gasteiger partial charge in [-0.15, -0.1) is 0 Å². The van der Waals surface area contributed by atoms with E-state index >= 15 is 0 Å². The van der Waals surface area contributed by atoms with Crippen molar-refractivity contribution in [1.82, 2.24) is 0 Å². The van der Waals surface area contributed by atoms with Crippen LogP contribution in [0.25, 0.3) is 0 Å². The van der Waals surface area contributed by atoms with Crippen LogP contribution in [0.5, 0.6) is 5.75 Å². The van der Waals surface area contributed by atoms with Crippen LogP contribution in [0, 0.1) is 0 Å².